The lowest BCUT2D eigenvalue weighted by Gasteiger charge is -2.09. The van der Waals surface area contributed by atoms with Gasteiger partial charge in [0.1, 0.15) is 0 Å². The molecule has 0 amide bonds. The fraction of sp³-hybridized carbons (Fsp3) is 0.286. The summed E-state index contributed by atoms with van der Waals surface area (Å²) in [5.74, 6) is 0. The summed E-state index contributed by atoms with van der Waals surface area (Å²) in [4.78, 5) is 0. The van der Waals surface area contributed by atoms with Crippen LogP contribution in [0.25, 0.3) is 10.8 Å². The maximum absolute atomic E-state index is 5.88. The molecule has 2 aromatic carbocycles. The highest BCUT2D eigenvalue weighted by Gasteiger charge is 2.02. The molecule has 0 saturated carbocycles. The first-order valence-corrected chi connectivity index (χ1v) is 5.52. The lowest BCUT2D eigenvalue weighted by Crippen LogP contribution is -2.05. The van der Waals surface area contributed by atoms with Crippen LogP contribution in [0.4, 0.5) is 0 Å². The zero-order valence-corrected chi connectivity index (χ0v) is 9.70. The summed E-state index contributed by atoms with van der Waals surface area (Å²) in [6, 6.07) is 14.7. The predicted octanol–water partition coefficient (Wildman–Crippen LogP) is 3.89. The van der Waals surface area contributed by atoms with Crippen molar-refractivity contribution in [1.29, 1.82) is 0 Å². The van der Waals surface area contributed by atoms with Crippen molar-refractivity contribution in [1.82, 2.24) is 0 Å². The van der Waals surface area contributed by atoms with Crippen molar-refractivity contribution in [3.05, 3.63) is 48.0 Å². The number of hydrogen-bond donors (Lipinski definition) is 1. The molecule has 0 unspecified atom stereocenters. The summed E-state index contributed by atoms with van der Waals surface area (Å²) in [6.45, 7) is 6.02. The molecular formula is C14H19N. The van der Waals surface area contributed by atoms with Crippen molar-refractivity contribution < 1.29 is 0 Å². The molecule has 0 spiro atoms. The minimum Gasteiger partial charge on any atom is -0.324 e. The Hall–Kier alpha value is -1.34. The zero-order valence-electron chi connectivity index (χ0n) is 9.70. The maximum atomic E-state index is 5.88. The Labute approximate surface area is 91.9 Å². The Morgan fingerprint density at radius 2 is 1.53 bits per heavy atom. The van der Waals surface area contributed by atoms with Crippen LogP contribution in [0.15, 0.2) is 42.5 Å². The smallest absolute Gasteiger partial charge is 0.0272 e. The highest BCUT2D eigenvalue weighted by molar-refractivity contribution is 5.85. The third-order valence-electron chi connectivity index (χ3n) is 2.31. The third kappa shape index (κ3) is 2.57. The van der Waals surface area contributed by atoms with Crippen LogP contribution in [0.3, 0.4) is 0 Å². The van der Waals surface area contributed by atoms with E-state index in [2.05, 4.69) is 30.3 Å². The van der Waals surface area contributed by atoms with Gasteiger partial charge >= 0.3 is 0 Å². The molecule has 80 valence electrons. The Morgan fingerprint density at radius 3 is 2.20 bits per heavy atom. The van der Waals surface area contributed by atoms with Crippen molar-refractivity contribution >= 4 is 10.8 Å². The summed E-state index contributed by atoms with van der Waals surface area (Å²) in [7, 11) is 0. The monoisotopic (exact) mass is 201 g/mol. The molecule has 0 aliphatic heterocycles. The van der Waals surface area contributed by atoms with Crippen molar-refractivity contribution in [3.8, 4) is 0 Å². The normalized spacial score (nSPS) is 11.7. The van der Waals surface area contributed by atoms with Gasteiger partial charge in [-0.25, -0.2) is 0 Å². The second kappa shape index (κ2) is 5.52. The van der Waals surface area contributed by atoms with E-state index in [1.807, 2.05) is 32.9 Å². The van der Waals surface area contributed by atoms with Gasteiger partial charge in [0.15, 0.2) is 0 Å². The van der Waals surface area contributed by atoms with Gasteiger partial charge in [-0.2, -0.15) is 0 Å². The lowest BCUT2D eigenvalue weighted by molar-refractivity contribution is 0.827. The largest absolute Gasteiger partial charge is 0.324 e. The number of fused-ring (bicyclic) bond motifs is 1. The van der Waals surface area contributed by atoms with E-state index in [1.165, 1.54) is 16.3 Å². The molecule has 0 heterocycles. The first-order chi connectivity index (χ1) is 7.29. The van der Waals surface area contributed by atoms with Gasteiger partial charge in [-0.15, -0.1) is 0 Å². The minimum atomic E-state index is 0.103. The fourth-order valence-electron chi connectivity index (χ4n) is 1.65. The summed E-state index contributed by atoms with van der Waals surface area (Å²) < 4.78 is 0. The van der Waals surface area contributed by atoms with E-state index in [1.54, 1.807) is 0 Å². The summed E-state index contributed by atoms with van der Waals surface area (Å²) in [5.41, 5.74) is 7.10. The predicted molar refractivity (Wildman–Crippen MR) is 67.9 cm³/mol. The van der Waals surface area contributed by atoms with E-state index in [9.17, 15) is 0 Å². The number of benzene rings is 2. The molecule has 1 atom stereocenters. The number of rotatable bonds is 1. The Bertz CT molecular complexity index is 413. The van der Waals surface area contributed by atoms with Crippen molar-refractivity contribution in [2.24, 2.45) is 5.73 Å². The van der Waals surface area contributed by atoms with E-state index in [4.69, 9.17) is 5.73 Å². The standard InChI is InChI=1S/C12H13N.C2H6/c1-9(13)11-8-4-6-10-5-2-3-7-12(10)11;1-2/h2-9H,13H2,1H3;1-2H3/t9-;/m0./s1. The van der Waals surface area contributed by atoms with Gasteiger partial charge < -0.3 is 5.73 Å². The molecule has 0 aromatic heterocycles. The van der Waals surface area contributed by atoms with Crippen LogP contribution in [0.5, 0.6) is 0 Å². The highest BCUT2D eigenvalue weighted by atomic mass is 14.6. The molecular weight excluding hydrogens is 182 g/mol. The van der Waals surface area contributed by atoms with Crippen LogP contribution < -0.4 is 5.73 Å². The molecule has 0 saturated heterocycles. The molecule has 0 fully saturated rings. The molecule has 2 rings (SSSR count). The van der Waals surface area contributed by atoms with Crippen LogP contribution in [-0.2, 0) is 0 Å². The van der Waals surface area contributed by atoms with Gasteiger partial charge in [0, 0.05) is 6.04 Å². The van der Waals surface area contributed by atoms with Gasteiger partial charge in [-0.1, -0.05) is 56.3 Å². The molecule has 0 aliphatic carbocycles. The van der Waals surface area contributed by atoms with Crippen molar-refractivity contribution in [2.45, 2.75) is 26.8 Å². The summed E-state index contributed by atoms with van der Waals surface area (Å²) >= 11 is 0. The van der Waals surface area contributed by atoms with E-state index >= 15 is 0 Å². The lowest BCUT2D eigenvalue weighted by atomic mass is 10.0. The first-order valence-electron chi connectivity index (χ1n) is 5.52. The SMILES string of the molecule is CC.C[C@H](N)c1cccc2ccccc12. The summed E-state index contributed by atoms with van der Waals surface area (Å²) in [5, 5.41) is 2.53. The maximum Gasteiger partial charge on any atom is 0.0272 e. The topological polar surface area (TPSA) is 26.0 Å². The molecule has 1 heteroatoms. The minimum absolute atomic E-state index is 0.103. The van der Waals surface area contributed by atoms with Crippen LogP contribution >= 0.6 is 0 Å². The Kier molecular flexibility index (Phi) is 4.32. The number of nitrogens with two attached hydrogens (primary N) is 1. The zero-order chi connectivity index (χ0) is 11.3. The van der Waals surface area contributed by atoms with E-state index in [0.717, 1.165) is 0 Å². The Morgan fingerprint density at radius 1 is 0.933 bits per heavy atom. The first kappa shape index (κ1) is 11.7. The molecule has 0 aliphatic rings. The highest BCUT2D eigenvalue weighted by Crippen LogP contribution is 2.22. The quantitative estimate of drug-likeness (QED) is 0.744. The summed E-state index contributed by atoms with van der Waals surface area (Å²) in [6.07, 6.45) is 0. The average Bonchev–Trinajstić information content (AvgIpc) is 2.31. The van der Waals surface area contributed by atoms with Crippen molar-refractivity contribution in [3.63, 3.8) is 0 Å². The molecule has 2 N–H and O–H groups in total. The molecule has 0 radical (unpaired) electrons. The van der Waals surface area contributed by atoms with E-state index in [0.29, 0.717) is 0 Å². The second-order valence-electron chi connectivity index (χ2n) is 3.36. The van der Waals surface area contributed by atoms with E-state index in [-0.39, 0.29) is 6.04 Å². The number of hydrogen-bond acceptors (Lipinski definition) is 1. The Balaban J connectivity index is 0.000000531. The fourth-order valence-corrected chi connectivity index (χ4v) is 1.65. The molecule has 1 nitrogen and oxygen atoms in total. The van der Waals surface area contributed by atoms with Crippen LogP contribution in [0, 0.1) is 0 Å². The average molecular weight is 201 g/mol. The van der Waals surface area contributed by atoms with Gasteiger partial charge in [-0.05, 0) is 23.3 Å². The van der Waals surface area contributed by atoms with Crippen LogP contribution in [0.1, 0.15) is 32.4 Å². The van der Waals surface area contributed by atoms with Gasteiger partial charge in [-0.3, -0.25) is 0 Å². The molecule has 0 bridgehead atoms. The van der Waals surface area contributed by atoms with E-state index < -0.39 is 0 Å². The van der Waals surface area contributed by atoms with Gasteiger partial charge in [0.25, 0.3) is 0 Å². The van der Waals surface area contributed by atoms with Gasteiger partial charge in [0.05, 0.1) is 0 Å². The molecule has 2 aromatic rings. The third-order valence-corrected chi connectivity index (χ3v) is 2.31. The van der Waals surface area contributed by atoms with Gasteiger partial charge in [0.2, 0.25) is 0 Å². The van der Waals surface area contributed by atoms with Crippen LogP contribution in [0.2, 0.25) is 0 Å². The second-order valence-corrected chi connectivity index (χ2v) is 3.36. The molecule has 15 heavy (non-hydrogen) atoms. The van der Waals surface area contributed by atoms with Crippen LogP contribution in [-0.4, -0.2) is 0 Å². The van der Waals surface area contributed by atoms with Crippen molar-refractivity contribution in [2.75, 3.05) is 0 Å².